The second-order valence-corrected chi connectivity index (χ2v) is 9.09. The first-order chi connectivity index (χ1) is 14.6. The molecule has 0 spiro atoms. The maximum Gasteiger partial charge on any atom is 0.223 e. The van der Waals surface area contributed by atoms with Gasteiger partial charge in [0.2, 0.25) is 5.95 Å². The van der Waals surface area contributed by atoms with Crippen LogP contribution in [0.25, 0.3) is 10.6 Å². The smallest absolute Gasteiger partial charge is 0.223 e. The SMILES string of the molecule is C[C@H]1CNCCN1Cc1ccc(-c2ccnc(NCCc3ccc(O)c(Cl)c3)n2)s1. The predicted molar refractivity (Wildman–Crippen MR) is 123 cm³/mol. The van der Waals surface area contributed by atoms with Gasteiger partial charge in [-0.2, -0.15) is 0 Å². The van der Waals surface area contributed by atoms with E-state index >= 15 is 0 Å². The first-order valence-corrected chi connectivity index (χ1v) is 11.4. The standard InChI is InChI=1S/C22H26ClN5OS/c1-15-13-24-10-11-28(15)14-17-3-5-21(30-17)19-7-9-26-22(27-19)25-8-6-16-2-4-20(29)18(23)12-16/h2-5,7,9,12,15,24,29H,6,8,10-11,13-14H2,1H3,(H,25,26,27)/t15-/m0/s1. The molecule has 1 aliphatic rings. The largest absolute Gasteiger partial charge is 0.506 e. The van der Waals surface area contributed by atoms with Crippen molar-refractivity contribution in [3.05, 3.63) is 58.1 Å². The summed E-state index contributed by atoms with van der Waals surface area (Å²) < 4.78 is 0. The lowest BCUT2D eigenvalue weighted by Crippen LogP contribution is -2.49. The van der Waals surface area contributed by atoms with E-state index < -0.39 is 0 Å². The quantitative estimate of drug-likeness (QED) is 0.512. The second-order valence-electron chi connectivity index (χ2n) is 7.52. The Morgan fingerprint density at radius 2 is 2.20 bits per heavy atom. The molecule has 0 saturated carbocycles. The number of hydrogen-bond donors (Lipinski definition) is 3. The van der Waals surface area contributed by atoms with Crippen LogP contribution in [0.1, 0.15) is 17.4 Å². The highest BCUT2D eigenvalue weighted by Gasteiger charge is 2.18. The van der Waals surface area contributed by atoms with E-state index in [2.05, 4.69) is 44.6 Å². The topological polar surface area (TPSA) is 73.3 Å². The van der Waals surface area contributed by atoms with Crippen molar-refractivity contribution in [2.75, 3.05) is 31.5 Å². The highest BCUT2D eigenvalue weighted by atomic mass is 35.5. The van der Waals surface area contributed by atoms with E-state index in [9.17, 15) is 5.11 Å². The minimum Gasteiger partial charge on any atom is -0.506 e. The molecule has 1 aliphatic heterocycles. The van der Waals surface area contributed by atoms with Crippen LogP contribution in [0.4, 0.5) is 5.95 Å². The van der Waals surface area contributed by atoms with Gasteiger partial charge in [0, 0.05) is 49.8 Å². The molecule has 158 valence electrons. The van der Waals surface area contributed by atoms with Gasteiger partial charge in [-0.15, -0.1) is 11.3 Å². The summed E-state index contributed by atoms with van der Waals surface area (Å²) in [5.41, 5.74) is 1.98. The van der Waals surface area contributed by atoms with Crippen molar-refractivity contribution < 1.29 is 5.11 Å². The Labute approximate surface area is 185 Å². The molecule has 0 unspecified atom stereocenters. The van der Waals surface area contributed by atoms with Crippen molar-refractivity contribution in [2.24, 2.45) is 0 Å². The van der Waals surface area contributed by atoms with Gasteiger partial charge >= 0.3 is 0 Å². The fourth-order valence-electron chi connectivity index (χ4n) is 3.52. The molecule has 1 saturated heterocycles. The summed E-state index contributed by atoms with van der Waals surface area (Å²) in [5, 5.41) is 16.6. The third-order valence-corrected chi connectivity index (χ3v) is 6.67. The number of piperazine rings is 1. The molecule has 1 fully saturated rings. The zero-order valence-electron chi connectivity index (χ0n) is 16.9. The number of nitrogens with zero attached hydrogens (tertiary/aromatic N) is 3. The van der Waals surface area contributed by atoms with Gasteiger partial charge in [0.15, 0.2) is 0 Å². The Kier molecular flexibility index (Phi) is 6.84. The van der Waals surface area contributed by atoms with Crippen LogP contribution in [0.2, 0.25) is 5.02 Å². The third-order valence-electron chi connectivity index (χ3n) is 5.28. The van der Waals surface area contributed by atoms with Crippen LogP contribution in [0.5, 0.6) is 5.75 Å². The number of phenolic OH excluding ortho intramolecular Hbond substituents is 1. The van der Waals surface area contributed by atoms with Crippen LogP contribution in [0, 0.1) is 0 Å². The number of phenols is 1. The predicted octanol–water partition coefficient (Wildman–Crippen LogP) is 4.01. The highest BCUT2D eigenvalue weighted by Crippen LogP contribution is 2.28. The fraction of sp³-hybridized carbons (Fsp3) is 0.364. The highest BCUT2D eigenvalue weighted by molar-refractivity contribution is 7.15. The summed E-state index contributed by atoms with van der Waals surface area (Å²) in [6, 6.07) is 12.1. The molecule has 0 amide bonds. The summed E-state index contributed by atoms with van der Waals surface area (Å²) >= 11 is 7.77. The molecule has 30 heavy (non-hydrogen) atoms. The normalized spacial score (nSPS) is 17.2. The van der Waals surface area contributed by atoms with Gasteiger partial charge in [-0.05, 0) is 49.2 Å². The summed E-state index contributed by atoms with van der Waals surface area (Å²) in [6.07, 6.45) is 2.56. The van der Waals surface area contributed by atoms with Crippen LogP contribution in [0.3, 0.4) is 0 Å². The first-order valence-electron chi connectivity index (χ1n) is 10.2. The number of nitrogens with one attached hydrogen (secondary N) is 2. The van der Waals surface area contributed by atoms with Gasteiger partial charge in [-0.3, -0.25) is 4.90 Å². The van der Waals surface area contributed by atoms with Crippen molar-refractivity contribution in [3.8, 4) is 16.3 Å². The minimum absolute atomic E-state index is 0.103. The van der Waals surface area contributed by atoms with Crippen LogP contribution in [-0.4, -0.2) is 52.2 Å². The molecule has 1 aromatic carbocycles. The lowest BCUT2D eigenvalue weighted by molar-refractivity contribution is 0.167. The van der Waals surface area contributed by atoms with Crippen LogP contribution in [0.15, 0.2) is 42.6 Å². The molecule has 3 aromatic rings. The maximum absolute atomic E-state index is 9.52. The Hall–Kier alpha value is -2.19. The van der Waals surface area contributed by atoms with E-state index in [4.69, 9.17) is 11.6 Å². The van der Waals surface area contributed by atoms with Crippen LogP contribution in [-0.2, 0) is 13.0 Å². The number of halogens is 1. The van der Waals surface area contributed by atoms with Gasteiger partial charge < -0.3 is 15.7 Å². The molecule has 3 heterocycles. The Morgan fingerprint density at radius 1 is 1.30 bits per heavy atom. The molecule has 1 atom stereocenters. The number of hydrogen-bond acceptors (Lipinski definition) is 7. The fourth-order valence-corrected chi connectivity index (χ4v) is 4.73. The average Bonchev–Trinajstić information content (AvgIpc) is 3.21. The molecular weight excluding hydrogens is 418 g/mol. The molecule has 3 N–H and O–H groups in total. The zero-order valence-corrected chi connectivity index (χ0v) is 18.5. The molecule has 6 nitrogen and oxygen atoms in total. The maximum atomic E-state index is 9.52. The summed E-state index contributed by atoms with van der Waals surface area (Å²) in [5.74, 6) is 0.717. The second kappa shape index (κ2) is 9.75. The van der Waals surface area contributed by atoms with Crippen molar-refractivity contribution in [2.45, 2.75) is 25.9 Å². The van der Waals surface area contributed by atoms with Crippen molar-refractivity contribution in [3.63, 3.8) is 0 Å². The molecular formula is C22H26ClN5OS. The van der Waals surface area contributed by atoms with E-state index in [1.54, 1.807) is 29.7 Å². The minimum atomic E-state index is 0.103. The molecule has 2 aromatic heterocycles. The average molecular weight is 444 g/mol. The lowest BCUT2D eigenvalue weighted by Gasteiger charge is -2.33. The monoisotopic (exact) mass is 443 g/mol. The van der Waals surface area contributed by atoms with Crippen molar-refractivity contribution >= 4 is 28.9 Å². The van der Waals surface area contributed by atoms with E-state index in [1.165, 1.54) is 4.88 Å². The zero-order chi connectivity index (χ0) is 20.9. The van der Waals surface area contributed by atoms with Gasteiger partial charge in [0.25, 0.3) is 0 Å². The number of thiophene rings is 1. The Bertz CT molecular complexity index is 995. The molecule has 8 heteroatoms. The molecule has 0 bridgehead atoms. The first kappa shape index (κ1) is 21.1. The number of rotatable bonds is 7. The summed E-state index contributed by atoms with van der Waals surface area (Å²) in [4.78, 5) is 14.1. The van der Waals surface area contributed by atoms with E-state index in [0.29, 0.717) is 23.6 Å². The van der Waals surface area contributed by atoms with Gasteiger partial charge in [-0.25, -0.2) is 9.97 Å². The summed E-state index contributed by atoms with van der Waals surface area (Å²) in [6.45, 7) is 7.13. The van der Waals surface area contributed by atoms with Crippen LogP contribution >= 0.6 is 22.9 Å². The van der Waals surface area contributed by atoms with Crippen molar-refractivity contribution in [1.82, 2.24) is 20.2 Å². The number of aromatic hydroxyl groups is 1. The number of aromatic nitrogens is 2. The van der Waals surface area contributed by atoms with E-state index in [0.717, 1.165) is 48.7 Å². The Balaban J connectivity index is 1.36. The number of anilines is 1. The molecule has 4 rings (SSSR count). The molecule has 0 radical (unpaired) electrons. The van der Waals surface area contributed by atoms with E-state index in [-0.39, 0.29) is 5.75 Å². The third kappa shape index (κ3) is 5.29. The Morgan fingerprint density at radius 3 is 3.03 bits per heavy atom. The van der Waals surface area contributed by atoms with Crippen LogP contribution < -0.4 is 10.6 Å². The van der Waals surface area contributed by atoms with Gasteiger partial charge in [0.05, 0.1) is 15.6 Å². The van der Waals surface area contributed by atoms with E-state index in [1.807, 2.05) is 12.1 Å². The van der Waals surface area contributed by atoms with Gasteiger partial charge in [0.1, 0.15) is 5.75 Å². The lowest BCUT2D eigenvalue weighted by atomic mass is 10.1. The van der Waals surface area contributed by atoms with Crippen molar-refractivity contribution in [1.29, 1.82) is 0 Å². The molecule has 0 aliphatic carbocycles. The summed E-state index contributed by atoms with van der Waals surface area (Å²) in [7, 11) is 0. The number of benzene rings is 1. The van der Waals surface area contributed by atoms with Gasteiger partial charge in [-0.1, -0.05) is 17.7 Å².